The molecular formula is C22H26F3N5O3. The average molecular weight is 465 g/mol. The fraction of sp³-hybridized carbons (Fsp3) is 0.500. The van der Waals surface area contributed by atoms with Gasteiger partial charge in [0.1, 0.15) is 5.82 Å². The van der Waals surface area contributed by atoms with Crippen LogP contribution in [0.5, 0.6) is 0 Å². The summed E-state index contributed by atoms with van der Waals surface area (Å²) in [6.45, 7) is 4.97. The van der Waals surface area contributed by atoms with E-state index in [-0.39, 0.29) is 50.7 Å². The molecule has 8 nitrogen and oxygen atoms in total. The lowest BCUT2D eigenvalue weighted by atomic mass is 9.96. The number of ether oxygens (including phenoxy) is 1. The number of piperazine rings is 1. The van der Waals surface area contributed by atoms with E-state index in [1.807, 2.05) is 31.2 Å². The Bertz CT molecular complexity index is 1010. The normalized spacial score (nSPS) is 20.8. The number of anilines is 1. The number of hydrogen-bond acceptors (Lipinski definition) is 5. The second kappa shape index (κ2) is 8.95. The fourth-order valence-electron chi connectivity index (χ4n) is 4.16. The maximum Gasteiger partial charge on any atom is 0.410 e. The number of hydrogen-bond donors (Lipinski definition) is 1. The van der Waals surface area contributed by atoms with E-state index in [0.29, 0.717) is 0 Å². The molecule has 2 atom stereocenters. The lowest BCUT2D eigenvalue weighted by Crippen LogP contribution is -2.50. The number of nitrogens with zero attached hydrogens (tertiary/aromatic N) is 4. The topological polar surface area (TPSA) is 79.7 Å². The molecule has 0 bridgehead atoms. The summed E-state index contributed by atoms with van der Waals surface area (Å²) in [5.74, 6) is -0.308. The van der Waals surface area contributed by atoms with Crippen molar-refractivity contribution in [2.75, 3.05) is 38.1 Å². The molecule has 1 fully saturated rings. The Kier molecular flexibility index (Phi) is 6.22. The van der Waals surface area contributed by atoms with Crippen LogP contribution in [-0.4, -0.2) is 70.5 Å². The zero-order chi connectivity index (χ0) is 23.8. The molecule has 33 heavy (non-hydrogen) atoms. The van der Waals surface area contributed by atoms with Gasteiger partial charge in [0.05, 0.1) is 12.6 Å². The number of amides is 2. The molecule has 3 heterocycles. The van der Waals surface area contributed by atoms with Crippen LogP contribution in [0.4, 0.5) is 23.8 Å². The van der Waals surface area contributed by atoms with Gasteiger partial charge in [-0.1, -0.05) is 29.8 Å². The lowest BCUT2D eigenvalue weighted by molar-refractivity contribution is -0.173. The monoisotopic (exact) mass is 465 g/mol. The summed E-state index contributed by atoms with van der Waals surface area (Å²) in [4.78, 5) is 27.8. The Labute approximate surface area is 189 Å². The van der Waals surface area contributed by atoms with Crippen LogP contribution in [0, 0.1) is 6.92 Å². The van der Waals surface area contributed by atoms with Crippen molar-refractivity contribution in [2.45, 2.75) is 38.5 Å². The molecule has 2 aromatic rings. The van der Waals surface area contributed by atoms with E-state index in [1.165, 1.54) is 15.9 Å². The third kappa shape index (κ3) is 4.76. The molecule has 0 spiro atoms. The van der Waals surface area contributed by atoms with Crippen LogP contribution in [0.2, 0.25) is 0 Å². The first-order chi connectivity index (χ1) is 15.7. The Balaban J connectivity index is 1.53. The predicted octanol–water partition coefficient (Wildman–Crippen LogP) is 3.77. The highest BCUT2D eigenvalue weighted by molar-refractivity contribution is 5.93. The summed E-state index contributed by atoms with van der Waals surface area (Å²) < 4.78 is 47.5. The molecule has 178 valence electrons. The maximum absolute atomic E-state index is 13.9. The van der Waals surface area contributed by atoms with E-state index in [4.69, 9.17) is 4.74 Å². The summed E-state index contributed by atoms with van der Waals surface area (Å²) in [7, 11) is 0. The predicted molar refractivity (Wildman–Crippen MR) is 114 cm³/mol. The van der Waals surface area contributed by atoms with Gasteiger partial charge in [-0.3, -0.25) is 4.79 Å². The number of benzene rings is 1. The molecule has 1 aromatic heterocycles. The van der Waals surface area contributed by atoms with Crippen molar-refractivity contribution in [1.82, 2.24) is 19.6 Å². The van der Waals surface area contributed by atoms with Gasteiger partial charge in [-0.05, 0) is 19.4 Å². The zero-order valence-corrected chi connectivity index (χ0v) is 18.4. The minimum Gasteiger partial charge on any atom is -0.450 e. The molecule has 0 saturated carbocycles. The average Bonchev–Trinajstić information content (AvgIpc) is 3.22. The summed E-state index contributed by atoms with van der Waals surface area (Å²) >= 11 is 0. The van der Waals surface area contributed by atoms with E-state index in [2.05, 4.69) is 10.4 Å². The number of carbonyl (C=O) groups excluding carboxylic acids is 2. The Hall–Kier alpha value is -3.24. The van der Waals surface area contributed by atoms with E-state index >= 15 is 0 Å². The molecule has 11 heteroatoms. The Morgan fingerprint density at radius 1 is 1.12 bits per heavy atom. The minimum atomic E-state index is -4.52. The van der Waals surface area contributed by atoms with Gasteiger partial charge in [0.25, 0.3) is 5.91 Å². The van der Waals surface area contributed by atoms with Crippen molar-refractivity contribution in [1.29, 1.82) is 0 Å². The molecule has 1 saturated heterocycles. The van der Waals surface area contributed by atoms with Crippen LogP contribution in [0.1, 0.15) is 47.0 Å². The number of alkyl halides is 3. The number of fused-ring (bicyclic) bond motifs is 1. The van der Waals surface area contributed by atoms with Crippen LogP contribution in [0.3, 0.4) is 0 Å². The van der Waals surface area contributed by atoms with Crippen molar-refractivity contribution in [3.63, 3.8) is 0 Å². The van der Waals surface area contributed by atoms with Crippen LogP contribution >= 0.6 is 0 Å². The lowest BCUT2D eigenvalue weighted by Gasteiger charge is -2.33. The third-order valence-electron chi connectivity index (χ3n) is 5.98. The zero-order valence-electron chi connectivity index (χ0n) is 18.4. The van der Waals surface area contributed by atoms with Crippen LogP contribution in [0.25, 0.3) is 0 Å². The number of aryl methyl sites for hydroxylation is 1. The van der Waals surface area contributed by atoms with Gasteiger partial charge in [-0.2, -0.15) is 18.3 Å². The standard InChI is InChI=1S/C22H26F3N5O3/c1-3-33-21(32)29-10-8-28(9-11-29)20(31)17-13-19-26-16(15-6-4-14(2)5-7-15)12-18(22(23,24)25)30(19)27-17/h4-7,13,16,18,26H,3,8-12H2,1-2H3. The number of halogens is 3. The molecule has 0 aliphatic carbocycles. The van der Waals surface area contributed by atoms with E-state index in [1.54, 1.807) is 6.92 Å². The molecule has 2 aliphatic rings. The first-order valence-electron chi connectivity index (χ1n) is 10.9. The van der Waals surface area contributed by atoms with Gasteiger partial charge in [-0.15, -0.1) is 0 Å². The molecule has 4 rings (SSSR count). The third-order valence-corrected chi connectivity index (χ3v) is 5.98. The van der Waals surface area contributed by atoms with Crippen molar-refractivity contribution >= 4 is 17.8 Å². The van der Waals surface area contributed by atoms with Gasteiger partial charge >= 0.3 is 12.3 Å². The smallest absolute Gasteiger partial charge is 0.410 e. The highest BCUT2D eigenvalue weighted by Gasteiger charge is 2.47. The molecule has 2 amide bonds. The number of carbonyl (C=O) groups is 2. The SMILES string of the molecule is CCOC(=O)N1CCN(C(=O)c2cc3n(n2)C(C(F)(F)F)CC(c2ccc(C)cc2)N3)CC1. The second-order valence-electron chi connectivity index (χ2n) is 8.24. The van der Waals surface area contributed by atoms with Crippen LogP contribution < -0.4 is 5.32 Å². The Morgan fingerprint density at radius 3 is 2.36 bits per heavy atom. The van der Waals surface area contributed by atoms with Gasteiger partial charge in [0.15, 0.2) is 11.7 Å². The summed E-state index contributed by atoms with van der Waals surface area (Å²) in [6.07, 6.45) is -5.19. The summed E-state index contributed by atoms with van der Waals surface area (Å²) in [5.41, 5.74) is 1.70. The second-order valence-corrected chi connectivity index (χ2v) is 8.24. The molecule has 2 aliphatic heterocycles. The Morgan fingerprint density at radius 2 is 1.76 bits per heavy atom. The first-order valence-corrected chi connectivity index (χ1v) is 10.9. The molecular weight excluding hydrogens is 439 g/mol. The fourth-order valence-corrected chi connectivity index (χ4v) is 4.16. The summed E-state index contributed by atoms with van der Waals surface area (Å²) in [5, 5.41) is 7.15. The maximum atomic E-state index is 13.9. The number of rotatable bonds is 3. The van der Waals surface area contributed by atoms with Crippen molar-refractivity contribution in [2.24, 2.45) is 0 Å². The number of aromatic nitrogens is 2. The summed E-state index contributed by atoms with van der Waals surface area (Å²) in [6, 6.07) is 6.30. The van der Waals surface area contributed by atoms with Crippen molar-refractivity contribution in [3.8, 4) is 0 Å². The van der Waals surface area contributed by atoms with Crippen LogP contribution in [-0.2, 0) is 4.74 Å². The van der Waals surface area contributed by atoms with Crippen molar-refractivity contribution < 1.29 is 27.5 Å². The van der Waals surface area contributed by atoms with E-state index in [0.717, 1.165) is 15.8 Å². The highest BCUT2D eigenvalue weighted by Crippen LogP contribution is 2.43. The first kappa shape index (κ1) is 22.9. The van der Waals surface area contributed by atoms with E-state index in [9.17, 15) is 22.8 Å². The van der Waals surface area contributed by atoms with E-state index < -0.39 is 30.3 Å². The largest absolute Gasteiger partial charge is 0.450 e. The molecule has 0 radical (unpaired) electrons. The van der Waals surface area contributed by atoms with Gasteiger partial charge in [0.2, 0.25) is 0 Å². The van der Waals surface area contributed by atoms with Crippen molar-refractivity contribution in [3.05, 3.63) is 47.2 Å². The number of nitrogens with one attached hydrogen (secondary N) is 1. The van der Waals surface area contributed by atoms with Gasteiger partial charge in [-0.25, -0.2) is 9.48 Å². The van der Waals surface area contributed by atoms with Crippen LogP contribution in [0.15, 0.2) is 30.3 Å². The van der Waals surface area contributed by atoms with Gasteiger partial charge < -0.3 is 19.9 Å². The molecule has 1 aromatic carbocycles. The minimum absolute atomic E-state index is 0.0547. The highest BCUT2D eigenvalue weighted by atomic mass is 19.4. The quantitative estimate of drug-likeness (QED) is 0.747. The molecule has 2 unspecified atom stereocenters. The molecule has 1 N–H and O–H groups in total. The van der Waals surface area contributed by atoms with Gasteiger partial charge in [0, 0.05) is 38.7 Å².